The van der Waals surface area contributed by atoms with E-state index in [1.54, 1.807) is 11.3 Å². The molecule has 0 unspecified atom stereocenters. The Bertz CT molecular complexity index is 1060. The zero-order chi connectivity index (χ0) is 20.1. The molecule has 0 saturated heterocycles. The Morgan fingerprint density at radius 2 is 1.93 bits per heavy atom. The van der Waals surface area contributed by atoms with Crippen molar-refractivity contribution in [2.45, 2.75) is 13.0 Å². The van der Waals surface area contributed by atoms with E-state index >= 15 is 0 Å². The second kappa shape index (κ2) is 8.98. The summed E-state index contributed by atoms with van der Waals surface area (Å²) in [6.45, 7) is 1.60. The maximum absolute atomic E-state index is 12.2. The summed E-state index contributed by atoms with van der Waals surface area (Å²) >= 11 is 1.68. The summed E-state index contributed by atoms with van der Waals surface area (Å²) < 4.78 is 3.03. The SMILES string of the molecule is CN(CC(=O)NCCc1nc2ccccc2s1)Cc1cnn(-c2ccccc2)c1. The highest BCUT2D eigenvalue weighted by Crippen LogP contribution is 2.21. The molecule has 1 N–H and O–H groups in total. The van der Waals surface area contributed by atoms with Gasteiger partial charge < -0.3 is 5.32 Å². The molecule has 0 aliphatic rings. The topological polar surface area (TPSA) is 63.1 Å². The van der Waals surface area contributed by atoms with Crippen molar-refractivity contribution in [2.75, 3.05) is 20.1 Å². The lowest BCUT2D eigenvalue weighted by atomic mass is 10.3. The number of thiazole rings is 1. The van der Waals surface area contributed by atoms with Crippen LogP contribution in [0.2, 0.25) is 0 Å². The van der Waals surface area contributed by atoms with Crippen LogP contribution in [0.1, 0.15) is 10.6 Å². The molecule has 0 atom stereocenters. The van der Waals surface area contributed by atoms with Crippen LogP contribution in [0.4, 0.5) is 0 Å². The second-order valence-corrected chi connectivity index (χ2v) is 8.09. The molecule has 4 aromatic rings. The van der Waals surface area contributed by atoms with E-state index in [4.69, 9.17) is 0 Å². The number of hydrogen-bond donors (Lipinski definition) is 1. The Labute approximate surface area is 173 Å². The summed E-state index contributed by atoms with van der Waals surface area (Å²) in [6, 6.07) is 18.1. The van der Waals surface area contributed by atoms with E-state index in [-0.39, 0.29) is 5.91 Å². The molecular formula is C22H23N5OS. The van der Waals surface area contributed by atoms with Gasteiger partial charge in [0.25, 0.3) is 0 Å². The lowest BCUT2D eigenvalue weighted by Crippen LogP contribution is -2.35. The van der Waals surface area contributed by atoms with Crippen molar-refractivity contribution in [2.24, 2.45) is 0 Å². The van der Waals surface area contributed by atoms with Crippen molar-refractivity contribution < 1.29 is 4.79 Å². The fourth-order valence-electron chi connectivity index (χ4n) is 3.17. The van der Waals surface area contributed by atoms with Crippen LogP contribution in [-0.2, 0) is 17.8 Å². The largest absolute Gasteiger partial charge is 0.355 e. The maximum atomic E-state index is 12.2. The molecule has 6 nitrogen and oxygen atoms in total. The van der Waals surface area contributed by atoms with Gasteiger partial charge in [-0.15, -0.1) is 11.3 Å². The predicted octanol–water partition coefficient (Wildman–Crippen LogP) is 3.27. The first-order chi connectivity index (χ1) is 14.2. The third-order valence-electron chi connectivity index (χ3n) is 4.52. The molecule has 0 radical (unpaired) electrons. The molecule has 0 fully saturated rings. The van der Waals surface area contributed by atoms with Crippen molar-refractivity contribution in [3.8, 4) is 5.69 Å². The van der Waals surface area contributed by atoms with Crippen LogP contribution >= 0.6 is 11.3 Å². The van der Waals surface area contributed by atoms with Gasteiger partial charge in [0, 0.05) is 31.3 Å². The minimum absolute atomic E-state index is 0.0177. The molecule has 0 aliphatic heterocycles. The van der Waals surface area contributed by atoms with Crippen LogP contribution in [0.3, 0.4) is 0 Å². The van der Waals surface area contributed by atoms with E-state index in [0.29, 0.717) is 19.6 Å². The molecule has 1 amide bonds. The van der Waals surface area contributed by atoms with E-state index in [2.05, 4.69) is 21.5 Å². The molecule has 4 rings (SSSR count). The number of hydrogen-bond acceptors (Lipinski definition) is 5. The van der Waals surface area contributed by atoms with E-state index in [0.717, 1.165) is 28.2 Å². The second-order valence-electron chi connectivity index (χ2n) is 6.98. The molecule has 2 aromatic heterocycles. The molecule has 0 spiro atoms. The quantitative estimate of drug-likeness (QED) is 0.489. The van der Waals surface area contributed by atoms with Crippen LogP contribution in [0.25, 0.3) is 15.9 Å². The molecule has 0 aliphatic carbocycles. The normalized spacial score (nSPS) is 11.2. The molecule has 0 saturated carbocycles. The Morgan fingerprint density at radius 1 is 1.14 bits per heavy atom. The zero-order valence-corrected chi connectivity index (χ0v) is 17.1. The minimum atomic E-state index is 0.0177. The number of benzene rings is 2. The van der Waals surface area contributed by atoms with Gasteiger partial charge in [-0.3, -0.25) is 9.69 Å². The fraction of sp³-hybridized carbons (Fsp3) is 0.227. The van der Waals surface area contributed by atoms with Crippen LogP contribution < -0.4 is 5.32 Å². The van der Waals surface area contributed by atoms with Crippen molar-refractivity contribution in [3.63, 3.8) is 0 Å². The van der Waals surface area contributed by atoms with Gasteiger partial charge in [0.05, 0.1) is 33.7 Å². The first-order valence-corrected chi connectivity index (χ1v) is 10.4. The lowest BCUT2D eigenvalue weighted by molar-refractivity contribution is -0.122. The Hall–Kier alpha value is -3.03. The van der Waals surface area contributed by atoms with E-state index in [1.807, 2.05) is 77.6 Å². The summed E-state index contributed by atoms with van der Waals surface area (Å²) in [6.07, 6.45) is 4.59. The minimum Gasteiger partial charge on any atom is -0.355 e. The van der Waals surface area contributed by atoms with Gasteiger partial charge in [-0.25, -0.2) is 9.67 Å². The third kappa shape index (κ3) is 5.07. The number of nitrogens with one attached hydrogen (secondary N) is 1. The smallest absolute Gasteiger partial charge is 0.234 e. The Balaban J connectivity index is 1.23. The molecule has 0 bridgehead atoms. The van der Waals surface area contributed by atoms with Crippen molar-refractivity contribution in [1.29, 1.82) is 0 Å². The van der Waals surface area contributed by atoms with Crippen LogP contribution in [-0.4, -0.2) is 45.7 Å². The monoisotopic (exact) mass is 405 g/mol. The summed E-state index contributed by atoms with van der Waals surface area (Å²) in [7, 11) is 1.94. The predicted molar refractivity (Wildman–Crippen MR) is 116 cm³/mol. The first kappa shape index (κ1) is 19.3. The summed E-state index contributed by atoms with van der Waals surface area (Å²) in [5, 5.41) is 8.44. The van der Waals surface area contributed by atoms with Gasteiger partial charge in [0.2, 0.25) is 5.91 Å². The molecule has 148 valence electrons. The van der Waals surface area contributed by atoms with Gasteiger partial charge in [0.15, 0.2) is 0 Å². The molecule has 29 heavy (non-hydrogen) atoms. The number of amides is 1. The number of rotatable bonds is 8. The van der Waals surface area contributed by atoms with Crippen molar-refractivity contribution in [3.05, 3.63) is 77.6 Å². The van der Waals surface area contributed by atoms with Gasteiger partial charge in [0.1, 0.15) is 0 Å². The summed E-state index contributed by atoms with van der Waals surface area (Å²) in [5.74, 6) is 0.0177. The fourth-order valence-corrected chi connectivity index (χ4v) is 4.13. The number of nitrogens with zero attached hydrogens (tertiary/aromatic N) is 4. The third-order valence-corrected chi connectivity index (χ3v) is 5.62. The van der Waals surface area contributed by atoms with E-state index in [1.165, 1.54) is 4.70 Å². The van der Waals surface area contributed by atoms with Crippen molar-refractivity contribution in [1.82, 2.24) is 25.0 Å². The van der Waals surface area contributed by atoms with Crippen LogP contribution in [0.5, 0.6) is 0 Å². The number of carbonyl (C=O) groups excluding carboxylic acids is 1. The highest BCUT2D eigenvalue weighted by molar-refractivity contribution is 7.18. The lowest BCUT2D eigenvalue weighted by Gasteiger charge is -2.15. The molecule has 2 aromatic carbocycles. The van der Waals surface area contributed by atoms with Gasteiger partial charge >= 0.3 is 0 Å². The Kier molecular flexibility index (Phi) is 5.97. The van der Waals surface area contributed by atoms with Gasteiger partial charge in [-0.1, -0.05) is 30.3 Å². The number of aromatic nitrogens is 3. The van der Waals surface area contributed by atoms with Crippen molar-refractivity contribution >= 4 is 27.5 Å². The highest BCUT2D eigenvalue weighted by Gasteiger charge is 2.09. The maximum Gasteiger partial charge on any atom is 0.234 e. The van der Waals surface area contributed by atoms with Crippen LogP contribution in [0.15, 0.2) is 67.0 Å². The first-order valence-electron chi connectivity index (χ1n) is 9.56. The molecule has 2 heterocycles. The standard InChI is InChI=1S/C22H23N5OS/c1-26(14-17-13-24-27(15-17)18-7-3-2-4-8-18)16-21(28)23-12-11-22-25-19-9-5-6-10-20(19)29-22/h2-10,13,15H,11-12,14,16H2,1H3,(H,23,28). The number of likely N-dealkylation sites (N-methyl/N-ethyl adjacent to an activating group) is 1. The van der Waals surface area contributed by atoms with Gasteiger partial charge in [-0.05, 0) is 31.3 Å². The summed E-state index contributed by atoms with van der Waals surface area (Å²) in [5.41, 5.74) is 3.11. The number of carbonyl (C=O) groups is 1. The highest BCUT2D eigenvalue weighted by atomic mass is 32.1. The zero-order valence-electron chi connectivity index (χ0n) is 16.3. The number of fused-ring (bicyclic) bond motifs is 1. The van der Waals surface area contributed by atoms with Gasteiger partial charge in [-0.2, -0.15) is 5.10 Å². The van der Waals surface area contributed by atoms with Crippen LogP contribution in [0, 0.1) is 0 Å². The van der Waals surface area contributed by atoms with E-state index in [9.17, 15) is 4.79 Å². The number of para-hydroxylation sites is 2. The average molecular weight is 406 g/mol. The van der Waals surface area contributed by atoms with E-state index < -0.39 is 0 Å². The molecule has 7 heteroatoms. The Morgan fingerprint density at radius 3 is 2.76 bits per heavy atom. The summed E-state index contributed by atoms with van der Waals surface area (Å²) in [4.78, 5) is 18.8. The molecular weight excluding hydrogens is 382 g/mol. The average Bonchev–Trinajstić information content (AvgIpc) is 3.35.